The lowest BCUT2D eigenvalue weighted by atomic mass is 9.95. The normalized spacial score (nSPS) is 16.8. The Bertz CT molecular complexity index is 504. The van der Waals surface area contributed by atoms with Crippen molar-refractivity contribution in [1.29, 1.82) is 0 Å². The van der Waals surface area contributed by atoms with E-state index in [0.717, 1.165) is 12.8 Å². The highest BCUT2D eigenvalue weighted by atomic mass is 16.5. The van der Waals surface area contributed by atoms with E-state index < -0.39 is 6.10 Å². The van der Waals surface area contributed by atoms with Crippen molar-refractivity contribution < 1.29 is 14.3 Å². The van der Waals surface area contributed by atoms with Crippen LogP contribution >= 0.6 is 0 Å². The molecular formula is C18H25NO3. The summed E-state index contributed by atoms with van der Waals surface area (Å²) in [7, 11) is 0. The summed E-state index contributed by atoms with van der Waals surface area (Å²) < 4.78 is 5.66. The van der Waals surface area contributed by atoms with Crippen LogP contribution < -0.4 is 10.1 Å². The molecule has 0 heterocycles. The van der Waals surface area contributed by atoms with E-state index in [1.807, 2.05) is 6.92 Å². The molecule has 1 N–H and O–H groups in total. The Kier molecular flexibility index (Phi) is 5.99. The smallest absolute Gasteiger partial charge is 0.260 e. The van der Waals surface area contributed by atoms with Crippen molar-refractivity contribution in [2.75, 3.05) is 0 Å². The number of hydrogen-bond acceptors (Lipinski definition) is 3. The molecule has 0 aliphatic heterocycles. The zero-order chi connectivity index (χ0) is 15.9. The second-order valence-corrected chi connectivity index (χ2v) is 5.90. The van der Waals surface area contributed by atoms with Gasteiger partial charge in [-0.3, -0.25) is 9.59 Å². The van der Waals surface area contributed by atoms with Crippen LogP contribution in [-0.2, 0) is 4.79 Å². The third-order valence-corrected chi connectivity index (χ3v) is 4.13. The molecule has 0 spiro atoms. The molecule has 1 aliphatic carbocycles. The Morgan fingerprint density at radius 1 is 1.18 bits per heavy atom. The fourth-order valence-corrected chi connectivity index (χ4v) is 2.75. The second kappa shape index (κ2) is 7.97. The van der Waals surface area contributed by atoms with Crippen LogP contribution in [0.4, 0.5) is 0 Å². The maximum absolute atomic E-state index is 12.1. The predicted octanol–water partition coefficient (Wildman–Crippen LogP) is 3.50. The summed E-state index contributed by atoms with van der Waals surface area (Å²) in [5.41, 5.74) is 0.675. The summed E-state index contributed by atoms with van der Waals surface area (Å²) in [4.78, 5) is 23.7. The summed E-state index contributed by atoms with van der Waals surface area (Å²) in [5, 5.41) is 3.06. The van der Waals surface area contributed by atoms with E-state index in [1.54, 1.807) is 31.2 Å². The standard InChI is InChI=1S/C18H25NO3/c1-3-17(20)14-9-11-16(12-10-14)22-13(2)18(21)19-15-7-5-4-6-8-15/h9-13,15H,3-8H2,1-2H3,(H,19,21)/t13-/m0/s1. The van der Waals surface area contributed by atoms with Gasteiger partial charge >= 0.3 is 0 Å². The van der Waals surface area contributed by atoms with E-state index in [4.69, 9.17) is 4.74 Å². The van der Waals surface area contributed by atoms with Crippen LogP contribution in [0.1, 0.15) is 62.7 Å². The number of benzene rings is 1. The molecule has 1 aromatic rings. The molecule has 1 fully saturated rings. The number of carbonyl (C=O) groups is 2. The fourth-order valence-electron chi connectivity index (χ4n) is 2.75. The number of ketones is 1. The molecular weight excluding hydrogens is 278 g/mol. The van der Waals surface area contributed by atoms with Crippen molar-refractivity contribution in [3.05, 3.63) is 29.8 Å². The van der Waals surface area contributed by atoms with Crippen LogP contribution in [0.15, 0.2) is 24.3 Å². The first-order valence-electron chi connectivity index (χ1n) is 8.20. The van der Waals surface area contributed by atoms with E-state index in [0.29, 0.717) is 17.7 Å². The zero-order valence-corrected chi connectivity index (χ0v) is 13.4. The number of ether oxygens (including phenoxy) is 1. The van der Waals surface area contributed by atoms with Crippen LogP contribution in [0.25, 0.3) is 0 Å². The Labute approximate surface area is 132 Å². The van der Waals surface area contributed by atoms with Crippen molar-refractivity contribution in [3.63, 3.8) is 0 Å². The van der Waals surface area contributed by atoms with Crippen LogP contribution in [0.2, 0.25) is 0 Å². The second-order valence-electron chi connectivity index (χ2n) is 5.90. The largest absolute Gasteiger partial charge is 0.481 e. The van der Waals surface area contributed by atoms with Gasteiger partial charge in [0.2, 0.25) is 0 Å². The summed E-state index contributed by atoms with van der Waals surface area (Å²) in [6, 6.07) is 7.26. The van der Waals surface area contributed by atoms with Gasteiger partial charge in [0.1, 0.15) is 5.75 Å². The van der Waals surface area contributed by atoms with Crippen LogP contribution in [0, 0.1) is 0 Å². The molecule has 0 aromatic heterocycles. The SMILES string of the molecule is CCC(=O)c1ccc(O[C@@H](C)C(=O)NC2CCCCC2)cc1. The molecule has 1 aliphatic rings. The molecule has 0 saturated heterocycles. The molecule has 4 heteroatoms. The van der Waals surface area contributed by atoms with E-state index in [9.17, 15) is 9.59 Å². The van der Waals surface area contributed by atoms with Crippen molar-refractivity contribution >= 4 is 11.7 Å². The van der Waals surface area contributed by atoms with Gasteiger partial charge in [0, 0.05) is 18.0 Å². The molecule has 4 nitrogen and oxygen atoms in total. The first-order valence-corrected chi connectivity index (χ1v) is 8.20. The van der Waals surface area contributed by atoms with Crippen molar-refractivity contribution in [3.8, 4) is 5.75 Å². The maximum atomic E-state index is 12.1. The Morgan fingerprint density at radius 2 is 1.82 bits per heavy atom. The number of nitrogens with one attached hydrogen (secondary N) is 1. The number of hydrogen-bond donors (Lipinski definition) is 1. The zero-order valence-electron chi connectivity index (χ0n) is 13.4. The summed E-state index contributed by atoms with van der Waals surface area (Å²) in [6.45, 7) is 3.59. The van der Waals surface area contributed by atoms with Gasteiger partial charge in [-0.15, -0.1) is 0 Å². The number of rotatable bonds is 6. The highest BCUT2D eigenvalue weighted by molar-refractivity contribution is 5.95. The van der Waals surface area contributed by atoms with E-state index in [-0.39, 0.29) is 17.7 Å². The van der Waals surface area contributed by atoms with Crippen LogP contribution in [-0.4, -0.2) is 23.8 Å². The third-order valence-electron chi connectivity index (χ3n) is 4.13. The molecule has 1 atom stereocenters. The van der Waals surface area contributed by atoms with Gasteiger partial charge in [-0.2, -0.15) is 0 Å². The summed E-state index contributed by atoms with van der Waals surface area (Å²) in [6.07, 6.45) is 5.72. The van der Waals surface area contributed by atoms with Gasteiger partial charge in [0.05, 0.1) is 0 Å². The number of Topliss-reactive ketones (excluding diaryl/α,β-unsaturated/α-hetero) is 1. The van der Waals surface area contributed by atoms with Gasteiger partial charge in [-0.25, -0.2) is 0 Å². The van der Waals surface area contributed by atoms with Gasteiger partial charge in [-0.1, -0.05) is 26.2 Å². The third kappa shape index (κ3) is 4.58. The van der Waals surface area contributed by atoms with Crippen molar-refractivity contribution in [2.24, 2.45) is 0 Å². The van der Waals surface area contributed by atoms with Gasteiger partial charge < -0.3 is 10.1 Å². The van der Waals surface area contributed by atoms with E-state index >= 15 is 0 Å². The minimum absolute atomic E-state index is 0.0689. The topological polar surface area (TPSA) is 55.4 Å². The Balaban J connectivity index is 1.86. The first-order chi connectivity index (χ1) is 10.6. The van der Waals surface area contributed by atoms with E-state index in [2.05, 4.69) is 5.32 Å². The molecule has 1 saturated carbocycles. The van der Waals surface area contributed by atoms with Crippen LogP contribution in [0.3, 0.4) is 0 Å². The predicted molar refractivity (Wildman–Crippen MR) is 86.2 cm³/mol. The lowest BCUT2D eigenvalue weighted by Gasteiger charge is -2.24. The Morgan fingerprint density at radius 3 is 2.41 bits per heavy atom. The Hall–Kier alpha value is -1.84. The quantitative estimate of drug-likeness (QED) is 0.818. The number of carbonyl (C=O) groups excluding carboxylic acids is 2. The lowest BCUT2D eigenvalue weighted by Crippen LogP contribution is -2.43. The van der Waals surface area contributed by atoms with Gasteiger partial charge in [0.25, 0.3) is 5.91 Å². The van der Waals surface area contributed by atoms with Gasteiger partial charge in [0.15, 0.2) is 11.9 Å². The average Bonchev–Trinajstić information content (AvgIpc) is 2.55. The summed E-state index contributed by atoms with van der Waals surface area (Å²) in [5.74, 6) is 0.647. The molecule has 1 aromatic carbocycles. The molecule has 1 amide bonds. The maximum Gasteiger partial charge on any atom is 0.260 e. The summed E-state index contributed by atoms with van der Waals surface area (Å²) >= 11 is 0. The average molecular weight is 303 g/mol. The highest BCUT2D eigenvalue weighted by Gasteiger charge is 2.20. The fraction of sp³-hybridized carbons (Fsp3) is 0.556. The van der Waals surface area contributed by atoms with Crippen LogP contribution in [0.5, 0.6) is 5.75 Å². The minimum atomic E-state index is -0.533. The molecule has 2 rings (SSSR count). The highest BCUT2D eigenvalue weighted by Crippen LogP contribution is 2.18. The molecule has 22 heavy (non-hydrogen) atoms. The molecule has 120 valence electrons. The number of amides is 1. The lowest BCUT2D eigenvalue weighted by molar-refractivity contribution is -0.128. The van der Waals surface area contributed by atoms with Gasteiger partial charge in [-0.05, 0) is 44.0 Å². The molecule has 0 bridgehead atoms. The molecule has 0 unspecified atom stereocenters. The molecule has 0 radical (unpaired) electrons. The first kappa shape index (κ1) is 16.5. The van der Waals surface area contributed by atoms with Crippen molar-refractivity contribution in [2.45, 2.75) is 64.5 Å². The van der Waals surface area contributed by atoms with E-state index in [1.165, 1.54) is 19.3 Å². The monoisotopic (exact) mass is 303 g/mol. The minimum Gasteiger partial charge on any atom is -0.481 e. The van der Waals surface area contributed by atoms with Crippen molar-refractivity contribution in [1.82, 2.24) is 5.32 Å².